The third kappa shape index (κ3) is 2.04. The molecule has 102 valence electrons. The van der Waals surface area contributed by atoms with Gasteiger partial charge in [0.25, 0.3) is 0 Å². The summed E-state index contributed by atoms with van der Waals surface area (Å²) in [6.07, 6.45) is 2.05. The van der Waals surface area contributed by atoms with Crippen LogP contribution in [-0.2, 0) is 6.54 Å². The van der Waals surface area contributed by atoms with E-state index < -0.39 is 0 Å². The van der Waals surface area contributed by atoms with Crippen molar-refractivity contribution in [2.75, 3.05) is 7.11 Å². The zero-order valence-corrected chi connectivity index (χ0v) is 11.6. The highest BCUT2D eigenvalue weighted by Gasteiger charge is 2.11. The summed E-state index contributed by atoms with van der Waals surface area (Å²) in [5.41, 5.74) is 11.0. The minimum absolute atomic E-state index is 0.523. The van der Waals surface area contributed by atoms with Gasteiger partial charge in [-0.1, -0.05) is 6.07 Å². The number of hydrogen-bond donors (Lipinski definition) is 1. The first-order valence-corrected chi connectivity index (χ1v) is 6.55. The van der Waals surface area contributed by atoms with Crippen molar-refractivity contribution >= 4 is 5.65 Å². The number of rotatable bonds is 3. The van der Waals surface area contributed by atoms with Gasteiger partial charge in [0.1, 0.15) is 11.4 Å². The van der Waals surface area contributed by atoms with Gasteiger partial charge in [-0.05, 0) is 42.8 Å². The molecule has 2 aromatic heterocycles. The van der Waals surface area contributed by atoms with E-state index >= 15 is 0 Å². The van der Waals surface area contributed by atoms with Crippen LogP contribution in [-0.4, -0.2) is 16.5 Å². The number of hydrogen-bond acceptors (Lipinski definition) is 3. The number of aryl methyl sites for hydroxylation is 1. The lowest BCUT2D eigenvalue weighted by Gasteiger charge is -2.06. The number of aromatic nitrogens is 2. The molecule has 3 rings (SSSR count). The summed E-state index contributed by atoms with van der Waals surface area (Å²) >= 11 is 0. The van der Waals surface area contributed by atoms with Gasteiger partial charge in [-0.3, -0.25) is 4.40 Å². The van der Waals surface area contributed by atoms with Crippen LogP contribution >= 0.6 is 0 Å². The smallest absolute Gasteiger partial charge is 0.137 e. The van der Waals surface area contributed by atoms with Gasteiger partial charge in [-0.25, -0.2) is 4.98 Å². The summed E-state index contributed by atoms with van der Waals surface area (Å²) in [6.45, 7) is 2.55. The van der Waals surface area contributed by atoms with Gasteiger partial charge in [0.15, 0.2) is 0 Å². The number of benzene rings is 1. The Morgan fingerprint density at radius 2 is 1.90 bits per heavy atom. The Labute approximate surface area is 117 Å². The molecule has 4 nitrogen and oxygen atoms in total. The molecule has 0 fully saturated rings. The van der Waals surface area contributed by atoms with Crippen molar-refractivity contribution in [1.82, 2.24) is 9.38 Å². The summed E-state index contributed by atoms with van der Waals surface area (Å²) in [7, 11) is 1.67. The molecular formula is C16H17N3O. The summed E-state index contributed by atoms with van der Waals surface area (Å²) in [5, 5.41) is 0. The van der Waals surface area contributed by atoms with Crippen molar-refractivity contribution in [1.29, 1.82) is 0 Å². The van der Waals surface area contributed by atoms with Crippen molar-refractivity contribution in [3.63, 3.8) is 0 Å². The van der Waals surface area contributed by atoms with Crippen LogP contribution in [0.1, 0.15) is 11.3 Å². The summed E-state index contributed by atoms with van der Waals surface area (Å²) in [5.74, 6) is 0.850. The van der Waals surface area contributed by atoms with Crippen LogP contribution in [0, 0.1) is 6.92 Å². The number of nitrogens with two attached hydrogens (primary N) is 1. The molecule has 2 N–H and O–H groups in total. The first kappa shape index (κ1) is 12.7. The normalized spacial score (nSPS) is 10.9. The first-order chi connectivity index (χ1) is 9.72. The van der Waals surface area contributed by atoms with E-state index in [-0.39, 0.29) is 0 Å². The Morgan fingerprint density at radius 1 is 1.15 bits per heavy atom. The molecule has 0 aliphatic rings. The fourth-order valence-electron chi connectivity index (χ4n) is 2.42. The van der Waals surface area contributed by atoms with Crippen LogP contribution < -0.4 is 10.5 Å². The molecule has 0 unspecified atom stereocenters. The molecule has 0 atom stereocenters. The summed E-state index contributed by atoms with van der Waals surface area (Å²) in [4.78, 5) is 4.60. The largest absolute Gasteiger partial charge is 0.497 e. The van der Waals surface area contributed by atoms with E-state index in [0.29, 0.717) is 6.54 Å². The van der Waals surface area contributed by atoms with Crippen molar-refractivity contribution in [2.24, 2.45) is 5.73 Å². The maximum atomic E-state index is 5.72. The number of pyridine rings is 1. The van der Waals surface area contributed by atoms with Crippen LogP contribution in [0.25, 0.3) is 16.9 Å². The van der Waals surface area contributed by atoms with Crippen molar-refractivity contribution in [3.8, 4) is 17.0 Å². The minimum atomic E-state index is 0.523. The van der Waals surface area contributed by atoms with Gasteiger partial charge in [-0.15, -0.1) is 0 Å². The first-order valence-electron chi connectivity index (χ1n) is 6.55. The molecule has 0 saturated carbocycles. The molecule has 2 heterocycles. The monoisotopic (exact) mass is 267 g/mol. The van der Waals surface area contributed by atoms with Crippen LogP contribution in [0.4, 0.5) is 0 Å². The maximum Gasteiger partial charge on any atom is 0.137 e. The number of ether oxygens (including phenoxy) is 1. The minimum Gasteiger partial charge on any atom is -0.497 e. The van der Waals surface area contributed by atoms with E-state index in [0.717, 1.165) is 33.9 Å². The highest BCUT2D eigenvalue weighted by atomic mass is 16.5. The van der Waals surface area contributed by atoms with Gasteiger partial charge in [0.2, 0.25) is 0 Å². The zero-order chi connectivity index (χ0) is 14.1. The van der Waals surface area contributed by atoms with Crippen LogP contribution in [0.2, 0.25) is 0 Å². The predicted molar refractivity (Wildman–Crippen MR) is 79.8 cm³/mol. The average molecular weight is 267 g/mol. The van der Waals surface area contributed by atoms with Crippen molar-refractivity contribution < 1.29 is 4.74 Å². The molecule has 0 aliphatic carbocycles. The highest BCUT2D eigenvalue weighted by molar-refractivity contribution is 5.67. The predicted octanol–water partition coefficient (Wildman–Crippen LogP) is 2.78. The molecule has 3 aromatic rings. The molecule has 0 radical (unpaired) electrons. The van der Waals surface area contributed by atoms with Gasteiger partial charge in [-0.2, -0.15) is 0 Å². The third-order valence-electron chi connectivity index (χ3n) is 3.45. The molecule has 0 spiro atoms. The Hall–Kier alpha value is -2.33. The number of nitrogens with zero attached hydrogens (tertiary/aromatic N) is 2. The van der Waals surface area contributed by atoms with Crippen molar-refractivity contribution in [2.45, 2.75) is 13.5 Å². The van der Waals surface area contributed by atoms with Gasteiger partial charge in [0, 0.05) is 18.3 Å². The molecule has 0 amide bonds. The van der Waals surface area contributed by atoms with Crippen molar-refractivity contribution in [3.05, 3.63) is 53.9 Å². The van der Waals surface area contributed by atoms with Crippen LogP contribution in [0.5, 0.6) is 5.75 Å². The second kappa shape index (κ2) is 4.98. The number of imidazole rings is 1. The quantitative estimate of drug-likeness (QED) is 0.794. The molecular weight excluding hydrogens is 250 g/mol. The second-order valence-corrected chi connectivity index (χ2v) is 4.74. The van der Waals surface area contributed by atoms with Gasteiger partial charge < -0.3 is 10.5 Å². The standard InChI is InChI=1S/C16H17N3O/c1-11-16(13-4-6-14(20-2)7-5-13)19-10-12(9-17)3-8-15(19)18-11/h3-8,10H,9,17H2,1-2H3. The molecule has 1 aromatic carbocycles. The maximum absolute atomic E-state index is 5.72. The summed E-state index contributed by atoms with van der Waals surface area (Å²) in [6, 6.07) is 12.0. The number of fused-ring (bicyclic) bond motifs is 1. The fourth-order valence-corrected chi connectivity index (χ4v) is 2.42. The Kier molecular flexibility index (Phi) is 3.16. The van der Waals surface area contributed by atoms with E-state index in [1.807, 2.05) is 43.3 Å². The zero-order valence-electron chi connectivity index (χ0n) is 11.6. The third-order valence-corrected chi connectivity index (χ3v) is 3.45. The van der Waals surface area contributed by atoms with E-state index in [1.165, 1.54) is 0 Å². The van der Waals surface area contributed by atoms with E-state index in [2.05, 4.69) is 15.6 Å². The van der Waals surface area contributed by atoms with Gasteiger partial charge in [0.05, 0.1) is 18.5 Å². The lowest BCUT2D eigenvalue weighted by Crippen LogP contribution is -1.99. The molecule has 4 heteroatoms. The lowest BCUT2D eigenvalue weighted by molar-refractivity contribution is 0.415. The second-order valence-electron chi connectivity index (χ2n) is 4.74. The van der Waals surface area contributed by atoms with E-state index in [9.17, 15) is 0 Å². The van der Waals surface area contributed by atoms with Crippen LogP contribution in [0.3, 0.4) is 0 Å². The molecule has 0 bridgehead atoms. The fraction of sp³-hybridized carbons (Fsp3) is 0.188. The molecule has 0 saturated heterocycles. The van der Waals surface area contributed by atoms with Crippen LogP contribution in [0.15, 0.2) is 42.6 Å². The molecule has 0 aliphatic heterocycles. The Morgan fingerprint density at radius 3 is 2.55 bits per heavy atom. The SMILES string of the molecule is COc1ccc(-c2c(C)nc3ccc(CN)cn23)cc1. The Bertz CT molecular complexity index is 744. The lowest BCUT2D eigenvalue weighted by atomic mass is 10.1. The average Bonchev–Trinajstić information content (AvgIpc) is 2.82. The number of methoxy groups -OCH3 is 1. The highest BCUT2D eigenvalue weighted by Crippen LogP contribution is 2.26. The van der Waals surface area contributed by atoms with E-state index in [4.69, 9.17) is 10.5 Å². The molecule has 20 heavy (non-hydrogen) atoms. The van der Waals surface area contributed by atoms with E-state index in [1.54, 1.807) is 7.11 Å². The topological polar surface area (TPSA) is 52.5 Å². The van der Waals surface area contributed by atoms with Gasteiger partial charge >= 0.3 is 0 Å². The Balaban J connectivity index is 2.20. The summed E-state index contributed by atoms with van der Waals surface area (Å²) < 4.78 is 7.30.